The number of hydrogen-bond acceptors (Lipinski definition) is 2. The SMILES string of the molecule is CCCN(CC1CC1)c1c(Cl)cccc1CNC(C)C. The highest BCUT2D eigenvalue weighted by Crippen LogP contribution is 2.35. The minimum Gasteiger partial charge on any atom is -0.370 e. The standard InChI is InChI=1S/C17H27ClN2/c1-4-10-20(12-14-8-9-14)17-15(11-19-13(2)3)6-5-7-16(17)18/h5-7,13-14,19H,4,8-12H2,1-3H3. The third-order valence-electron chi connectivity index (χ3n) is 3.76. The molecule has 3 heteroatoms. The molecular formula is C17H27ClN2. The lowest BCUT2D eigenvalue weighted by Crippen LogP contribution is -2.29. The predicted molar refractivity (Wildman–Crippen MR) is 88.7 cm³/mol. The third kappa shape index (κ3) is 4.39. The smallest absolute Gasteiger partial charge is 0.0642 e. The van der Waals surface area contributed by atoms with Crippen LogP contribution in [0.5, 0.6) is 0 Å². The molecule has 0 heterocycles. The minimum atomic E-state index is 0.491. The van der Waals surface area contributed by atoms with Crippen LogP contribution in [0.3, 0.4) is 0 Å². The lowest BCUT2D eigenvalue weighted by molar-refractivity contribution is 0.586. The zero-order chi connectivity index (χ0) is 14.5. The molecule has 112 valence electrons. The zero-order valence-corrected chi connectivity index (χ0v) is 13.7. The highest BCUT2D eigenvalue weighted by molar-refractivity contribution is 6.33. The van der Waals surface area contributed by atoms with Crippen LogP contribution in [-0.4, -0.2) is 19.1 Å². The van der Waals surface area contributed by atoms with Crippen molar-refractivity contribution in [2.45, 2.75) is 52.6 Å². The number of benzene rings is 1. The fourth-order valence-corrected chi connectivity index (χ4v) is 2.86. The Bertz CT molecular complexity index is 427. The molecule has 1 N–H and O–H groups in total. The van der Waals surface area contributed by atoms with E-state index in [1.165, 1.54) is 24.1 Å². The van der Waals surface area contributed by atoms with Crippen LogP contribution in [-0.2, 0) is 6.54 Å². The van der Waals surface area contributed by atoms with Gasteiger partial charge in [0, 0.05) is 25.7 Å². The van der Waals surface area contributed by atoms with Crippen LogP contribution in [0.1, 0.15) is 45.6 Å². The van der Waals surface area contributed by atoms with Gasteiger partial charge in [-0.3, -0.25) is 0 Å². The van der Waals surface area contributed by atoms with E-state index >= 15 is 0 Å². The Balaban J connectivity index is 2.20. The minimum absolute atomic E-state index is 0.491. The Kier molecular flexibility index (Phi) is 5.74. The number of nitrogens with one attached hydrogen (secondary N) is 1. The number of rotatable bonds is 8. The monoisotopic (exact) mass is 294 g/mol. The summed E-state index contributed by atoms with van der Waals surface area (Å²) in [5, 5.41) is 4.40. The van der Waals surface area contributed by atoms with Crippen molar-refractivity contribution in [2.75, 3.05) is 18.0 Å². The quantitative estimate of drug-likeness (QED) is 0.761. The highest BCUT2D eigenvalue weighted by Gasteiger charge is 2.26. The van der Waals surface area contributed by atoms with Crippen molar-refractivity contribution in [3.05, 3.63) is 28.8 Å². The molecular weight excluding hydrogens is 268 g/mol. The van der Waals surface area contributed by atoms with Crippen LogP contribution < -0.4 is 10.2 Å². The summed E-state index contributed by atoms with van der Waals surface area (Å²) in [4.78, 5) is 2.50. The maximum Gasteiger partial charge on any atom is 0.0642 e. The van der Waals surface area contributed by atoms with E-state index in [0.717, 1.165) is 37.0 Å². The second kappa shape index (κ2) is 7.33. The van der Waals surface area contributed by atoms with Gasteiger partial charge in [-0.05, 0) is 36.8 Å². The Hall–Kier alpha value is -0.730. The van der Waals surface area contributed by atoms with Crippen LogP contribution in [0.2, 0.25) is 5.02 Å². The summed E-state index contributed by atoms with van der Waals surface area (Å²) in [7, 11) is 0. The molecule has 0 bridgehead atoms. The van der Waals surface area contributed by atoms with E-state index in [0.29, 0.717) is 6.04 Å². The molecule has 1 aromatic rings. The lowest BCUT2D eigenvalue weighted by atomic mass is 10.1. The van der Waals surface area contributed by atoms with Gasteiger partial charge in [0.1, 0.15) is 0 Å². The fraction of sp³-hybridized carbons (Fsp3) is 0.647. The lowest BCUT2D eigenvalue weighted by Gasteiger charge is -2.28. The molecule has 1 saturated carbocycles. The summed E-state index contributed by atoms with van der Waals surface area (Å²) in [6.45, 7) is 9.73. The van der Waals surface area contributed by atoms with E-state index in [-0.39, 0.29) is 0 Å². The molecule has 0 saturated heterocycles. The van der Waals surface area contributed by atoms with Crippen LogP contribution in [0.25, 0.3) is 0 Å². The molecule has 0 atom stereocenters. The molecule has 0 radical (unpaired) electrons. The number of para-hydroxylation sites is 1. The first-order chi connectivity index (χ1) is 9.61. The van der Waals surface area contributed by atoms with Gasteiger partial charge >= 0.3 is 0 Å². The molecule has 1 aliphatic rings. The Labute approximate surface area is 128 Å². The molecule has 20 heavy (non-hydrogen) atoms. The van der Waals surface area contributed by atoms with Gasteiger partial charge in [0.05, 0.1) is 10.7 Å². The summed E-state index contributed by atoms with van der Waals surface area (Å²) in [6.07, 6.45) is 3.92. The third-order valence-corrected chi connectivity index (χ3v) is 4.06. The number of anilines is 1. The van der Waals surface area contributed by atoms with Crippen molar-refractivity contribution in [3.8, 4) is 0 Å². The summed E-state index contributed by atoms with van der Waals surface area (Å²) < 4.78 is 0. The zero-order valence-electron chi connectivity index (χ0n) is 13.0. The van der Waals surface area contributed by atoms with E-state index in [2.05, 4.69) is 43.1 Å². The Morgan fingerprint density at radius 2 is 2.10 bits per heavy atom. The molecule has 2 rings (SSSR count). The topological polar surface area (TPSA) is 15.3 Å². The predicted octanol–water partition coefficient (Wildman–Crippen LogP) is 4.46. The maximum atomic E-state index is 6.51. The van der Waals surface area contributed by atoms with Gasteiger partial charge in [0.25, 0.3) is 0 Å². The normalized spacial score (nSPS) is 14.8. The molecule has 0 unspecified atom stereocenters. The van der Waals surface area contributed by atoms with Gasteiger partial charge in [0.15, 0.2) is 0 Å². The molecule has 0 aliphatic heterocycles. The maximum absolute atomic E-state index is 6.51. The number of hydrogen-bond donors (Lipinski definition) is 1. The molecule has 0 amide bonds. The van der Waals surface area contributed by atoms with Crippen molar-refractivity contribution >= 4 is 17.3 Å². The van der Waals surface area contributed by atoms with Crippen molar-refractivity contribution in [3.63, 3.8) is 0 Å². The molecule has 0 aromatic heterocycles. The average molecular weight is 295 g/mol. The average Bonchev–Trinajstić information content (AvgIpc) is 3.20. The summed E-state index contributed by atoms with van der Waals surface area (Å²) in [5.74, 6) is 0.878. The largest absolute Gasteiger partial charge is 0.370 e. The molecule has 1 fully saturated rings. The van der Waals surface area contributed by atoms with Crippen molar-refractivity contribution in [1.82, 2.24) is 5.32 Å². The van der Waals surface area contributed by atoms with Crippen LogP contribution in [0.15, 0.2) is 18.2 Å². The Morgan fingerprint density at radius 3 is 2.70 bits per heavy atom. The first-order valence-corrected chi connectivity index (χ1v) is 8.25. The van der Waals surface area contributed by atoms with Gasteiger partial charge in [-0.1, -0.05) is 44.5 Å². The van der Waals surface area contributed by atoms with Gasteiger partial charge in [-0.15, -0.1) is 0 Å². The van der Waals surface area contributed by atoms with E-state index in [9.17, 15) is 0 Å². The van der Waals surface area contributed by atoms with Crippen LogP contribution in [0, 0.1) is 5.92 Å². The first-order valence-electron chi connectivity index (χ1n) is 7.87. The second-order valence-corrected chi connectivity index (χ2v) is 6.58. The van der Waals surface area contributed by atoms with E-state index in [1.54, 1.807) is 0 Å². The molecule has 2 nitrogen and oxygen atoms in total. The second-order valence-electron chi connectivity index (χ2n) is 6.17. The van der Waals surface area contributed by atoms with E-state index in [1.807, 2.05) is 6.07 Å². The van der Waals surface area contributed by atoms with Crippen LogP contribution in [0.4, 0.5) is 5.69 Å². The van der Waals surface area contributed by atoms with Gasteiger partial charge in [0.2, 0.25) is 0 Å². The number of nitrogens with zero attached hydrogens (tertiary/aromatic N) is 1. The van der Waals surface area contributed by atoms with Crippen LogP contribution >= 0.6 is 11.6 Å². The van der Waals surface area contributed by atoms with Gasteiger partial charge in [-0.25, -0.2) is 0 Å². The van der Waals surface area contributed by atoms with E-state index < -0.39 is 0 Å². The number of halogens is 1. The van der Waals surface area contributed by atoms with Crippen molar-refractivity contribution < 1.29 is 0 Å². The van der Waals surface area contributed by atoms with Crippen molar-refractivity contribution in [1.29, 1.82) is 0 Å². The van der Waals surface area contributed by atoms with Gasteiger partial charge in [-0.2, -0.15) is 0 Å². The van der Waals surface area contributed by atoms with Gasteiger partial charge < -0.3 is 10.2 Å². The highest BCUT2D eigenvalue weighted by atomic mass is 35.5. The van der Waals surface area contributed by atoms with Crippen molar-refractivity contribution in [2.24, 2.45) is 5.92 Å². The molecule has 1 aromatic carbocycles. The summed E-state index contributed by atoms with van der Waals surface area (Å²) in [5.41, 5.74) is 2.57. The Morgan fingerprint density at radius 1 is 1.35 bits per heavy atom. The first kappa shape index (κ1) is 15.7. The van der Waals surface area contributed by atoms with E-state index in [4.69, 9.17) is 11.6 Å². The fourth-order valence-electron chi connectivity index (χ4n) is 2.55. The molecule has 1 aliphatic carbocycles. The molecule has 0 spiro atoms. The summed E-state index contributed by atoms with van der Waals surface area (Å²) in [6, 6.07) is 6.77. The summed E-state index contributed by atoms with van der Waals surface area (Å²) >= 11 is 6.51.